The van der Waals surface area contributed by atoms with E-state index in [-0.39, 0.29) is 0 Å². The van der Waals surface area contributed by atoms with Gasteiger partial charge in [-0.15, -0.1) is 0 Å². The van der Waals surface area contributed by atoms with Crippen molar-refractivity contribution in [1.82, 2.24) is 29.4 Å². The van der Waals surface area contributed by atoms with E-state index in [1.54, 1.807) is 0 Å². The molecule has 268 valence electrons. The van der Waals surface area contributed by atoms with Crippen molar-refractivity contribution in [2.24, 2.45) is 5.92 Å². The van der Waals surface area contributed by atoms with Gasteiger partial charge in [0.1, 0.15) is 0 Å². The van der Waals surface area contributed by atoms with E-state index >= 15 is 0 Å². The fourth-order valence-corrected chi connectivity index (χ4v) is 7.17. The molecule has 0 atom stereocenters. The number of hydrogen-bond donors (Lipinski definition) is 0. The van der Waals surface area contributed by atoms with Gasteiger partial charge in [-0.25, -0.2) is 0 Å². The van der Waals surface area contributed by atoms with Crippen molar-refractivity contribution in [3.8, 4) is 0 Å². The molecular formula is C37H78N6O2. The molecule has 8 nitrogen and oxygen atoms in total. The fourth-order valence-electron chi connectivity index (χ4n) is 7.17. The Kier molecular flexibility index (Phi) is 21.0. The van der Waals surface area contributed by atoms with Crippen LogP contribution in [0, 0.1) is 5.92 Å². The summed E-state index contributed by atoms with van der Waals surface area (Å²) in [5.41, 5.74) is 0. The largest absolute Gasteiger partial charge is 0.377 e. The molecule has 4 rings (SSSR count). The van der Waals surface area contributed by atoms with Crippen LogP contribution in [-0.4, -0.2) is 171 Å². The second-order valence-corrected chi connectivity index (χ2v) is 14.8. The monoisotopic (exact) mass is 639 g/mol. The minimum atomic E-state index is 0.359. The first kappa shape index (κ1) is 40.9. The maximum absolute atomic E-state index is 5.67. The van der Waals surface area contributed by atoms with Gasteiger partial charge in [0.05, 0.1) is 25.4 Å². The summed E-state index contributed by atoms with van der Waals surface area (Å²) in [6, 6.07) is 2.25. The van der Waals surface area contributed by atoms with Crippen molar-refractivity contribution in [1.29, 1.82) is 0 Å². The van der Waals surface area contributed by atoms with Crippen LogP contribution in [0.25, 0.3) is 0 Å². The van der Waals surface area contributed by atoms with Crippen molar-refractivity contribution in [3.63, 3.8) is 0 Å². The first-order chi connectivity index (χ1) is 21.6. The Labute approximate surface area is 281 Å². The van der Waals surface area contributed by atoms with Crippen LogP contribution in [0.4, 0.5) is 0 Å². The molecule has 4 aliphatic rings. The van der Waals surface area contributed by atoms with Crippen LogP contribution in [0.1, 0.15) is 94.9 Å². The van der Waals surface area contributed by atoms with E-state index in [1.165, 1.54) is 111 Å². The van der Waals surface area contributed by atoms with Gasteiger partial charge in [0.25, 0.3) is 0 Å². The number of likely N-dealkylation sites (tertiary alicyclic amines) is 2. The summed E-state index contributed by atoms with van der Waals surface area (Å²) in [7, 11) is 0. The van der Waals surface area contributed by atoms with E-state index < -0.39 is 0 Å². The molecule has 0 aromatic carbocycles. The molecule has 4 heterocycles. The van der Waals surface area contributed by atoms with Crippen molar-refractivity contribution in [2.45, 2.75) is 125 Å². The van der Waals surface area contributed by atoms with Crippen LogP contribution in [0.2, 0.25) is 0 Å². The molecule has 0 aliphatic carbocycles. The minimum absolute atomic E-state index is 0.359. The Morgan fingerprint density at radius 3 is 1.36 bits per heavy atom. The fraction of sp³-hybridized carbons (Fsp3) is 1.00. The maximum atomic E-state index is 5.67. The standard InChI is InChI=1S/C18H37N3O.C17H35N3O.C2H6/c1-16(2)21-11-9-20(10-12-21)15-18-5-7-19(8-6-18)13-14-22-17(3)4;1-15(2)19-7-5-17(6-8-19)20-11-9-18(10-12-20)13-14-21-16(3)4;1-2/h16-18H,5-15H2,1-4H3;15-17H,5-14H2,1-4H3;1-2H3. The molecule has 4 fully saturated rings. The van der Waals surface area contributed by atoms with Crippen LogP contribution >= 0.6 is 0 Å². The van der Waals surface area contributed by atoms with Gasteiger partial charge in [0.15, 0.2) is 0 Å². The number of rotatable bonds is 13. The number of piperazine rings is 2. The van der Waals surface area contributed by atoms with Gasteiger partial charge in [-0.1, -0.05) is 13.8 Å². The molecule has 0 radical (unpaired) electrons. The summed E-state index contributed by atoms with van der Waals surface area (Å²) in [5, 5.41) is 0. The van der Waals surface area contributed by atoms with E-state index in [4.69, 9.17) is 9.47 Å². The molecule has 8 heteroatoms. The first-order valence-electron chi connectivity index (χ1n) is 19.2. The minimum Gasteiger partial charge on any atom is -0.377 e. The first-order valence-corrected chi connectivity index (χ1v) is 19.2. The molecule has 0 unspecified atom stereocenters. The van der Waals surface area contributed by atoms with E-state index in [0.717, 1.165) is 38.3 Å². The predicted molar refractivity (Wildman–Crippen MR) is 194 cm³/mol. The Morgan fingerprint density at radius 1 is 0.489 bits per heavy atom. The quantitative estimate of drug-likeness (QED) is 0.277. The van der Waals surface area contributed by atoms with Gasteiger partial charge in [-0.3, -0.25) is 14.7 Å². The summed E-state index contributed by atoms with van der Waals surface area (Å²) in [6.45, 7) is 42.1. The predicted octanol–water partition coefficient (Wildman–Crippen LogP) is 5.08. The van der Waals surface area contributed by atoms with Gasteiger partial charge in [-0.05, 0) is 113 Å². The van der Waals surface area contributed by atoms with Crippen molar-refractivity contribution >= 4 is 0 Å². The van der Waals surface area contributed by atoms with Crippen molar-refractivity contribution in [2.75, 3.05) is 111 Å². The van der Waals surface area contributed by atoms with Gasteiger partial charge in [-0.2, -0.15) is 0 Å². The topological polar surface area (TPSA) is 37.9 Å². The Balaban J connectivity index is 0.000000297. The van der Waals surface area contributed by atoms with Gasteiger partial charge >= 0.3 is 0 Å². The average Bonchev–Trinajstić information content (AvgIpc) is 3.03. The highest BCUT2D eigenvalue weighted by Crippen LogP contribution is 2.21. The molecule has 0 saturated carbocycles. The zero-order valence-electron chi connectivity index (χ0n) is 31.8. The van der Waals surface area contributed by atoms with E-state index in [1.807, 2.05) is 13.8 Å². The van der Waals surface area contributed by atoms with Crippen LogP contribution in [0.15, 0.2) is 0 Å². The molecule has 0 aromatic rings. The van der Waals surface area contributed by atoms with Crippen LogP contribution in [0.3, 0.4) is 0 Å². The van der Waals surface area contributed by atoms with Crippen LogP contribution < -0.4 is 0 Å². The summed E-state index contributed by atoms with van der Waals surface area (Å²) < 4.78 is 11.3. The number of piperidine rings is 2. The lowest BCUT2D eigenvalue weighted by molar-refractivity contribution is 0.0253. The maximum Gasteiger partial charge on any atom is 0.0596 e. The summed E-state index contributed by atoms with van der Waals surface area (Å²) in [4.78, 5) is 15.8. The number of ether oxygens (including phenoxy) is 2. The lowest BCUT2D eigenvalue weighted by Crippen LogP contribution is -2.54. The molecule has 0 N–H and O–H groups in total. The second kappa shape index (κ2) is 23.1. The van der Waals surface area contributed by atoms with E-state index in [9.17, 15) is 0 Å². The lowest BCUT2D eigenvalue weighted by atomic mass is 9.96. The van der Waals surface area contributed by atoms with Crippen LogP contribution in [0.5, 0.6) is 0 Å². The molecule has 0 bridgehead atoms. The molecule has 4 aliphatic heterocycles. The molecular weight excluding hydrogens is 560 g/mol. The number of hydrogen-bond acceptors (Lipinski definition) is 8. The van der Waals surface area contributed by atoms with E-state index in [2.05, 4.69) is 84.8 Å². The highest BCUT2D eigenvalue weighted by atomic mass is 16.5. The Bertz CT molecular complexity index is 691. The zero-order chi connectivity index (χ0) is 33.2. The van der Waals surface area contributed by atoms with Gasteiger partial charge in [0, 0.05) is 90.1 Å². The smallest absolute Gasteiger partial charge is 0.0596 e. The number of nitrogens with zero attached hydrogens (tertiary/aromatic N) is 6. The molecule has 4 saturated heterocycles. The highest BCUT2D eigenvalue weighted by Gasteiger charge is 2.28. The summed E-state index contributed by atoms with van der Waals surface area (Å²) >= 11 is 0. The lowest BCUT2D eigenvalue weighted by Gasteiger charge is -2.43. The molecule has 45 heavy (non-hydrogen) atoms. The van der Waals surface area contributed by atoms with Gasteiger partial charge < -0.3 is 24.2 Å². The van der Waals surface area contributed by atoms with Crippen molar-refractivity contribution < 1.29 is 9.47 Å². The van der Waals surface area contributed by atoms with Crippen molar-refractivity contribution in [3.05, 3.63) is 0 Å². The third-order valence-electron chi connectivity index (χ3n) is 10.2. The normalized spacial score (nSPS) is 23.1. The average molecular weight is 639 g/mol. The van der Waals surface area contributed by atoms with Crippen LogP contribution in [-0.2, 0) is 9.47 Å². The Hall–Kier alpha value is -0.320. The highest BCUT2D eigenvalue weighted by molar-refractivity contribution is 4.84. The van der Waals surface area contributed by atoms with Gasteiger partial charge in [0.2, 0.25) is 0 Å². The zero-order valence-corrected chi connectivity index (χ0v) is 31.8. The third kappa shape index (κ3) is 16.6. The Morgan fingerprint density at radius 2 is 0.911 bits per heavy atom. The summed E-state index contributed by atoms with van der Waals surface area (Å²) in [6.07, 6.45) is 6.17. The third-order valence-corrected chi connectivity index (χ3v) is 10.2. The molecule has 0 aromatic heterocycles. The molecule has 0 spiro atoms. The molecule has 0 amide bonds. The second-order valence-electron chi connectivity index (χ2n) is 14.8. The summed E-state index contributed by atoms with van der Waals surface area (Å²) in [5.74, 6) is 0.910. The van der Waals surface area contributed by atoms with E-state index in [0.29, 0.717) is 24.3 Å². The SMILES string of the molecule is CC.CC(C)OCCN1CCC(CN2CCN(C(C)C)CC2)CC1.CC(C)OCCN1CCN(C2CCN(C(C)C)CC2)CC1.